The predicted octanol–water partition coefficient (Wildman–Crippen LogP) is 3.24. The summed E-state index contributed by atoms with van der Waals surface area (Å²) >= 11 is 9.05. The predicted molar refractivity (Wildman–Crippen MR) is 91.7 cm³/mol. The van der Waals surface area contributed by atoms with Crippen LogP contribution in [0.4, 0.5) is 17.1 Å². The van der Waals surface area contributed by atoms with Gasteiger partial charge < -0.3 is 11.5 Å². The number of rotatable bonds is 3. The average molecular weight is 309 g/mol. The van der Waals surface area contributed by atoms with Crippen LogP contribution in [0.15, 0.2) is 47.5 Å². The van der Waals surface area contributed by atoms with E-state index in [0.29, 0.717) is 22.8 Å². The van der Waals surface area contributed by atoms with Crippen LogP contribution in [0.25, 0.3) is 0 Å². The van der Waals surface area contributed by atoms with Gasteiger partial charge in [0.1, 0.15) is 5.69 Å². The number of para-hydroxylation sites is 1. The maximum absolute atomic E-state index is 6.02. The summed E-state index contributed by atoms with van der Waals surface area (Å²) in [7, 11) is 0. The van der Waals surface area contributed by atoms with E-state index in [9.17, 15) is 0 Å². The number of hydrogen-bond acceptors (Lipinski definition) is 5. The maximum Gasteiger partial charge on any atom is 0.104 e. The Hall–Kier alpha value is -1.69. The summed E-state index contributed by atoms with van der Waals surface area (Å²) in [5.41, 5.74) is 14.5. The van der Waals surface area contributed by atoms with Crippen molar-refractivity contribution in [1.82, 2.24) is 0 Å². The summed E-state index contributed by atoms with van der Waals surface area (Å²) in [5.74, 6) is 0. The lowest BCUT2D eigenvalue weighted by Crippen LogP contribution is -1.89. The van der Waals surface area contributed by atoms with Crippen LogP contribution in [-0.2, 0) is 6.42 Å². The van der Waals surface area contributed by atoms with Gasteiger partial charge in [-0.05, 0) is 29.8 Å². The number of nitrogens with zero attached hydrogens (tertiary/aromatic N) is 1. The van der Waals surface area contributed by atoms with Crippen LogP contribution >= 0.6 is 24.4 Å². The number of nitrogen functional groups attached to an aromatic ring is 2. The van der Waals surface area contributed by atoms with Gasteiger partial charge in [-0.1, -0.05) is 29.8 Å². The van der Waals surface area contributed by atoms with E-state index in [-0.39, 0.29) is 0 Å². The summed E-state index contributed by atoms with van der Waals surface area (Å²) in [6.07, 6.45) is 2.51. The molecule has 6 heteroatoms. The molecule has 0 fully saturated rings. The van der Waals surface area contributed by atoms with Crippen molar-refractivity contribution in [2.45, 2.75) is 6.42 Å². The first-order valence-electron chi connectivity index (χ1n) is 5.83. The molecule has 6 N–H and O–H groups in total. The van der Waals surface area contributed by atoms with Crippen molar-refractivity contribution in [3.8, 4) is 0 Å². The first-order valence-corrected chi connectivity index (χ1v) is 6.73. The molecule has 2 aromatic rings. The average Bonchev–Trinajstić information content (AvgIpc) is 2.46. The van der Waals surface area contributed by atoms with Crippen LogP contribution in [0.2, 0.25) is 5.02 Å². The molecule has 0 spiro atoms. The van der Waals surface area contributed by atoms with E-state index in [4.69, 9.17) is 23.1 Å². The topological polar surface area (TPSA) is 90.4 Å². The highest BCUT2D eigenvalue weighted by atomic mass is 35.5. The van der Waals surface area contributed by atoms with Gasteiger partial charge in [0.05, 0.1) is 10.7 Å². The minimum Gasteiger partial charge on any atom is -0.399 e. The molecule has 4 nitrogen and oxygen atoms in total. The standard InChI is InChI=1S/C14H14ClN3.H3NS/c15-12-2-1-3-13(17)14(12)18-9-8-10-4-6-11(16)7-5-10;1-2/h1-7,9H,8,16-17H2;2H,1H2. The molecule has 0 aliphatic heterocycles. The van der Waals surface area contributed by atoms with E-state index >= 15 is 0 Å². The molecule has 106 valence electrons. The summed E-state index contributed by atoms with van der Waals surface area (Å²) in [6, 6.07) is 13.0. The van der Waals surface area contributed by atoms with Crippen LogP contribution in [0.1, 0.15) is 5.56 Å². The van der Waals surface area contributed by atoms with Crippen molar-refractivity contribution in [3.63, 3.8) is 0 Å². The zero-order valence-corrected chi connectivity index (χ0v) is 12.5. The maximum atomic E-state index is 6.02. The molecular formula is C14H17ClN4S. The molecule has 20 heavy (non-hydrogen) atoms. The zero-order chi connectivity index (χ0) is 15.0. The number of anilines is 2. The van der Waals surface area contributed by atoms with Crippen molar-refractivity contribution in [1.29, 1.82) is 0 Å². The van der Waals surface area contributed by atoms with Gasteiger partial charge in [-0.15, -0.1) is 12.8 Å². The Morgan fingerprint density at radius 1 is 1.05 bits per heavy atom. The third kappa shape index (κ3) is 4.77. The Kier molecular flexibility index (Phi) is 6.93. The minimum absolute atomic E-state index is 0.559. The van der Waals surface area contributed by atoms with Gasteiger partial charge >= 0.3 is 0 Å². The molecule has 0 saturated heterocycles. The fraction of sp³-hybridized carbons (Fsp3) is 0.0714. The van der Waals surface area contributed by atoms with Gasteiger partial charge in [-0.3, -0.25) is 10.1 Å². The van der Waals surface area contributed by atoms with Crippen LogP contribution in [0.3, 0.4) is 0 Å². The molecule has 0 atom stereocenters. The molecular weight excluding hydrogens is 292 g/mol. The molecule has 0 aromatic heterocycles. The van der Waals surface area contributed by atoms with E-state index in [1.807, 2.05) is 24.3 Å². The minimum atomic E-state index is 0.559. The smallest absolute Gasteiger partial charge is 0.104 e. The lowest BCUT2D eigenvalue weighted by Gasteiger charge is -2.02. The van der Waals surface area contributed by atoms with E-state index in [1.165, 1.54) is 0 Å². The van der Waals surface area contributed by atoms with Gasteiger partial charge in [-0.25, -0.2) is 0 Å². The number of benzene rings is 2. The summed E-state index contributed by atoms with van der Waals surface area (Å²) in [6.45, 7) is 0. The lowest BCUT2D eigenvalue weighted by molar-refractivity contribution is 1.35. The molecule has 0 saturated carbocycles. The molecule has 2 rings (SSSR count). The summed E-state index contributed by atoms with van der Waals surface area (Å²) < 4.78 is 0. The fourth-order valence-electron chi connectivity index (χ4n) is 1.56. The Balaban J connectivity index is 0.000000956. The highest BCUT2D eigenvalue weighted by Gasteiger charge is 2.00. The molecule has 0 aliphatic carbocycles. The monoisotopic (exact) mass is 308 g/mol. The molecule has 0 amide bonds. The SMILES string of the molecule is NS.Nc1ccc(CC=Nc2c(N)cccc2Cl)cc1. The summed E-state index contributed by atoms with van der Waals surface area (Å²) in [4.78, 5) is 4.31. The first kappa shape index (κ1) is 16.4. The quantitative estimate of drug-likeness (QED) is 0.398. The third-order valence-electron chi connectivity index (χ3n) is 2.55. The fourth-order valence-corrected chi connectivity index (χ4v) is 1.79. The van der Waals surface area contributed by atoms with Crippen molar-refractivity contribution >= 4 is 47.7 Å². The number of aliphatic imine (C=N–C) groups is 1. The highest BCUT2D eigenvalue weighted by molar-refractivity contribution is 7.77. The number of nitrogens with two attached hydrogens (primary N) is 3. The first-order chi connectivity index (χ1) is 9.66. The van der Waals surface area contributed by atoms with E-state index in [2.05, 4.69) is 22.9 Å². The van der Waals surface area contributed by atoms with Crippen LogP contribution in [0.5, 0.6) is 0 Å². The van der Waals surface area contributed by atoms with Gasteiger partial charge in [0.2, 0.25) is 0 Å². The molecule has 2 aromatic carbocycles. The van der Waals surface area contributed by atoms with Gasteiger partial charge in [0, 0.05) is 18.3 Å². The molecule has 0 bridgehead atoms. The van der Waals surface area contributed by atoms with Gasteiger partial charge in [-0.2, -0.15) is 0 Å². The Morgan fingerprint density at radius 3 is 2.30 bits per heavy atom. The molecule has 0 heterocycles. The second-order valence-electron chi connectivity index (χ2n) is 3.94. The normalized spacial score (nSPS) is 10.2. The Morgan fingerprint density at radius 2 is 1.70 bits per heavy atom. The largest absolute Gasteiger partial charge is 0.399 e. The number of thiol groups is 1. The van der Waals surface area contributed by atoms with Crippen molar-refractivity contribution in [2.75, 3.05) is 11.5 Å². The van der Waals surface area contributed by atoms with Gasteiger partial charge in [0.15, 0.2) is 0 Å². The zero-order valence-electron chi connectivity index (χ0n) is 10.8. The molecule has 0 aliphatic rings. The van der Waals surface area contributed by atoms with Crippen molar-refractivity contribution in [2.24, 2.45) is 10.1 Å². The highest BCUT2D eigenvalue weighted by Crippen LogP contribution is 2.30. The Bertz CT molecular complexity index is 550. The van der Waals surface area contributed by atoms with Crippen LogP contribution in [-0.4, -0.2) is 6.21 Å². The van der Waals surface area contributed by atoms with E-state index < -0.39 is 0 Å². The van der Waals surface area contributed by atoms with Gasteiger partial charge in [0.25, 0.3) is 0 Å². The van der Waals surface area contributed by atoms with Crippen molar-refractivity contribution in [3.05, 3.63) is 53.1 Å². The van der Waals surface area contributed by atoms with Crippen molar-refractivity contribution < 1.29 is 0 Å². The number of halogens is 1. The molecule has 0 unspecified atom stereocenters. The summed E-state index contributed by atoms with van der Waals surface area (Å²) in [5, 5.41) is 4.75. The number of hydrogen-bond donors (Lipinski definition) is 4. The third-order valence-corrected chi connectivity index (χ3v) is 2.85. The van der Waals surface area contributed by atoms with E-state index in [1.54, 1.807) is 24.4 Å². The second-order valence-corrected chi connectivity index (χ2v) is 4.34. The second kappa shape index (κ2) is 8.47. The van der Waals surface area contributed by atoms with E-state index in [0.717, 1.165) is 11.3 Å². The molecule has 0 radical (unpaired) electrons. The Labute approximate surface area is 129 Å². The van der Waals surface area contributed by atoms with Crippen LogP contribution < -0.4 is 16.6 Å². The lowest BCUT2D eigenvalue weighted by atomic mass is 10.1. The van der Waals surface area contributed by atoms with Crippen LogP contribution in [0, 0.1) is 0 Å².